The molecule has 5 aromatic heterocycles. The van der Waals surface area contributed by atoms with Gasteiger partial charge in [-0.2, -0.15) is 5.10 Å². The molecule has 5 atom stereocenters. The van der Waals surface area contributed by atoms with Crippen molar-refractivity contribution in [2.24, 2.45) is 16.3 Å². The number of aromatic nitrogens is 7. The summed E-state index contributed by atoms with van der Waals surface area (Å²) in [6, 6.07) is 17.5. The van der Waals surface area contributed by atoms with Gasteiger partial charge in [-0.1, -0.05) is 75.7 Å². The lowest BCUT2D eigenvalue weighted by Crippen LogP contribution is -2.50. The number of carbonyl (C=O) groups excluding carboxylic acids is 3. The third-order valence-corrected chi connectivity index (χ3v) is 16.8. The van der Waals surface area contributed by atoms with Crippen LogP contribution in [-0.2, 0) is 14.4 Å². The van der Waals surface area contributed by atoms with E-state index in [1.54, 1.807) is 44.6 Å². The van der Waals surface area contributed by atoms with Gasteiger partial charge >= 0.3 is 0 Å². The topological polar surface area (TPSA) is 174 Å². The molecule has 378 valence electrons. The van der Waals surface area contributed by atoms with E-state index in [0.717, 1.165) is 66.1 Å². The van der Waals surface area contributed by atoms with E-state index in [4.69, 9.17) is 26.4 Å². The van der Waals surface area contributed by atoms with Crippen LogP contribution in [0.5, 0.6) is 5.88 Å². The molecule has 10 rings (SSSR count). The number of hydrogen-bond donors (Lipinski definition) is 2. The number of rotatable bonds is 13. The quantitative estimate of drug-likeness (QED) is 0.114. The van der Waals surface area contributed by atoms with E-state index in [1.807, 2.05) is 106 Å². The van der Waals surface area contributed by atoms with E-state index in [0.29, 0.717) is 42.5 Å². The van der Waals surface area contributed by atoms with Crippen LogP contribution in [0.25, 0.3) is 26.6 Å². The number of aryl methyl sites for hydroxylation is 3. The lowest BCUT2D eigenvalue weighted by atomic mass is 9.85. The molecule has 3 amide bonds. The van der Waals surface area contributed by atoms with Gasteiger partial charge in [-0.3, -0.25) is 28.6 Å². The fourth-order valence-electron chi connectivity index (χ4n) is 10.3. The molecule has 1 aliphatic carbocycles. The fraction of sp³-hybridized carbons (Fsp3) is 0.400. The number of fused-ring (bicyclic) bond motifs is 3. The predicted molar refractivity (Wildman–Crippen MR) is 286 cm³/mol. The van der Waals surface area contributed by atoms with Gasteiger partial charge in [-0.05, 0) is 92.8 Å². The number of amides is 3. The summed E-state index contributed by atoms with van der Waals surface area (Å²) in [6.07, 6.45) is 7.11. The lowest BCUT2D eigenvalue weighted by Gasteiger charge is -2.35. The maximum absolute atomic E-state index is 14.7. The molecule has 0 spiro atoms. The van der Waals surface area contributed by atoms with Crippen molar-refractivity contribution in [3.63, 3.8) is 0 Å². The van der Waals surface area contributed by atoms with E-state index >= 15 is 0 Å². The third kappa shape index (κ3) is 10.1. The average molecular weight is 1040 g/mol. The minimum atomic E-state index is -0.675. The molecule has 7 heterocycles. The van der Waals surface area contributed by atoms with E-state index in [1.165, 1.54) is 4.88 Å². The Labute approximate surface area is 438 Å². The standard InChI is InChI=1S/C55H60ClN11O4S2/c1-29-20-44(52(69)60-31(3)35-10-12-37(13-11-35)49-32(4)58-28-72-49)65(26-29)53(70)50(55(7,8)9)66-27-39(25-59-66)38-18-19-57-46(21-38)71-42-22-41(23-42)61-45(68)24-43-51-64-63-34(6)67(51)54-47(30(2)33(5)73-54)48(62-43)36-14-16-40(56)17-15-36/h10-19,21,25,27-29,31,41-44,50H,20,22-24,26H2,1-9H3,(H,60,69)(H,61,68)/t29-,31?,41?,42?,43+,44+,50+/m1/s1. The van der Waals surface area contributed by atoms with Crippen molar-refractivity contribution in [1.29, 1.82) is 0 Å². The summed E-state index contributed by atoms with van der Waals surface area (Å²) in [7, 11) is 0. The number of ether oxygens (including phenoxy) is 1. The monoisotopic (exact) mass is 1040 g/mol. The molecule has 0 bridgehead atoms. The molecular weight excluding hydrogens is 978 g/mol. The lowest BCUT2D eigenvalue weighted by molar-refractivity contribution is -0.144. The minimum Gasteiger partial charge on any atom is -0.474 e. The number of carbonyl (C=O) groups is 3. The smallest absolute Gasteiger partial charge is 0.248 e. The van der Waals surface area contributed by atoms with Gasteiger partial charge in [0.1, 0.15) is 35.1 Å². The van der Waals surface area contributed by atoms with E-state index in [2.05, 4.69) is 63.7 Å². The van der Waals surface area contributed by atoms with Crippen molar-refractivity contribution in [3.05, 3.63) is 134 Å². The maximum Gasteiger partial charge on any atom is 0.248 e. The molecule has 2 fully saturated rings. The van der Waals surface area contributed by atoms with Gasteiger partial charge < -0.3 is 20.3 Å². The van der Waals surface area contributed by atoms with Gasteiger partial charge in [0.25, 0.3) is 0 Å². The molecule has 3 aliphatic rings. The molecule has 73 heavy (non-hydrogen) atoms. The SMILES string of the molecule is Cc1ncsc1-c1ccc(C(C)NC(=O)[C@@H]2C[C@@H](C)CN2C(=O)[C@H](n2cc(-c3ccnc(OC4CC(NC(=O)C[C@@H]5N=C(c6ccc(Cl)cc6)c6c(sc(C)c6C)-n6c(C)nnc65)C4)c3)cn2)C(C)(C)C)cc1. The van der Waals surface area contributed by atoms with Crippen LogP contribution in [0.15, 0.2) is 89.8 Å². The van der Waals surface area contributed by atoms with Gasteiger partial charge in [0.2, 0.25) is 23.6 Å². The first-order valence-corrected chi connectivity index (χ1v) is 26.9. The molecular formula is C55H60ClN11O4S2. The number of thiophene rings is 1. The largest absolute Gasteiger partial charge is 0.474 e. The van der Waals surface area contributed by atoms with Gasteiger partial charge in [-0.25, -0.2) is 9.97 Å². The number of nitrogens with zero attached hydrogens (tertiary/aromatic N) is 9. The number of aliphatic imine (C=N–C) groups is 1. The highest BCUT2D eigenvalue weighted by atomic mass is 35.5. The molecule has 7 aromatic rings. The Morgan fingerprint density at radius 3 is 2.37 bits per heavy atom. The molecule has 15 nitrogen and oxygen atoms in total. The van der Waals surface area contributed by atoms with E-state index < -0.39 is 23.5 Å². The normalized spacial score (nSPS) is 20.3. The zero-order valence-corrected chi connectivity index (χ0v) is 44.9. The van der Waals surface area contributed by atoms with Crippen LogP contribution in [0.1, 0.15) is 123 Å². The van der Waals surface area contributed by atoms with Crippen LogP contribution in [0.3, 0.4) is 0 Å². The first-order chi connectivity index (χ1) is 34.9. The summed E-state index contributed by atoms with van der Waals surface area (Å²) in [6.45, 7) is 18.7. The van der Waals surface area contributed by atoms with Crippen LogP contribution >= 0.6 is 34.3 Å². The molecule has 2 aliphatic heterocycles. The van der Waals surface area contributed by atoms with Crippen LogP contribution in [-0.4, -0.2) is 87.6 Å². The second-order valence-corrected chi connectivity index (χ2v) is 23.4. The molecule has 1 saturated carbocycles. The zero-order chi connectivity index (χ0) is 51.5. The van der Waals surface area contributed by atoms with Crippen molar-refractivity contribution < 1.29 is 19.1 Å². The first-order valence-electron chi connectivity index (χ1n) is 24.8. The number of benzene rings is 2. The Kier molecular flexibility index (Phi) is 13.7. The molecule has 18 heteroatoms. The van der Waals surface area contributed by atoms with Crippen LogP contribution < -0.4 is 15.4 Å². The molecule has 1 unspecified atom stereocenters. The Bertz CT molecular complexity index is 3240. The van der Waals surface area contributed by atoms with Crippen molar-refractivity contribution in [1.82, 2.24) is 50.0 Å². The Morgan fingerprint density at radius 1 is 0.918 bits per heavy atom. The molecule has 2 aromatic carbocycles. The second kappa shape index (κ2) is 20.0. The molecule has 1 saturated heterocycles. The Morgan fingerprint density at radius 2 is 1.66 bits per heavy atom. The number of thiazole rings is 1. The van der Waals surface area contributed by atoms with Crippen LogP contribution in [0.4, 0.5) is 0 Å². The number of nitrogens with one attached hydrogen (secondary N) is 2. The van der Waals surface area contributed by atoms with Crippen molar-refractivity contribution in [2.45, 2.75) is 124 Å². The van der Waals surface area contributed by atoms with Crippen molar-refractivity contribution in [2.75, 3.05) is 6.54 Å². The third-order valence-electron chi connectivity index (χ3n) is 14.3. The number of likely N-dealkylation sites (tertiary alicyclic amines) is 1. The minimum absolute atomic E-state index is 0.0772. The average Bonchev–Trinajstić information content (AvgIpc) is 4.19. The predicted octanol–water partition coefficient (Wildman–Crippen LogP) is 10.3. The van der Waals surface area contributed by atoms with Crippen LogP contribution in [0, 0.1) is 39.0 Å². The van der Waals surface area contributed by atoms with Gasteiger partial charge in [0, 0.05) is 70.5 Å². The van der Waals surface area contributed by atoms with Gasteiger partial charge in [0.15, 0.2) is 5.82 Å². The summed E-state index contributed by atoms with van der Waals surface area (Å²) >= 11 is 9.58. The molecule has 0 radical (unpaired) electrons. The second-order valence-electron chi connectivity index (χ2n) is 20.9. The number of hydrogen-bond acceptors (Lipinski definition) is 12. The van der Waals surface area contributed by atoms with E-state index in [9.17, 15) is 14.4 Å². The van der Waals surface area contributed by atoms with Crippen molar-refractivity contribution >= 4 is 57.7 Å². The van der Waals surface area contributed by atoms with Crippen LogP contribution in [0.2, 0.25) is 5.02 Å². The summed E-state index contributed by atoms with van der Waals surface area (Å²) in [5.41, 5.74) is 9.89. The maximum atomic E-state index is 14.7. The summed E-state index contributed by atoms with van der Waals surface area (Å²) in [5.74, 6) is 1.54. The summed E-state index contributed by atoms with van der Waals surface area (Å²) < 4.78 is 10.1. The van der Waals surface area contributed by atoms with Crippen molar-refractivity contribution in [3.8, 4) is 32.4 Å². The highest BCUT2D eigenvalue weighted by Crippen LogP contribution is 2.41. The summed E-state index contributed by atoms with van der Waals surface area (Å²) in [4.78, 5) is 60.8. The number of halogens is 1. The Balaban J connectivity index is 0.772. The highest BCUT2D eigenvalue weighted by Gasteiger charge is 2.45. The highest BCUT2D eigenvalue weighted by molar-refractivity contribution is 7.15. The number of pyridine rings is 1. The van der Waals surface area contributed by atoms with Gasteiger partial charge in [0.05, 0.1) is 40.5 Å². The zero-order valence-electron chi connectivity index (χ0n) is 42.5. The Hall–Kier alpha value is -6.56. The van der Waals surface area contributed by atoms with Gasteiger partial charge in [-0.15, -0.1) is 32.9 Å². The first kappa shape index (κ1) is 50.0. The fourth-order valence-corrected chi connectivity index (χ4v) is 12.4. The molecule has 2 N–H and O–H groups in total. The van der Waals surface area contributed by atoms with E-state index in [-0.39, 0.29) is 48.2 Å². The summed E-state index contributed by atoms with van der Waals surface area (Å²) in [5, 5.41) is 21.8.